The summed E-state index contributed by atoms with van der Waals surface area (Å²) in [5.74, 6) is -0.813. The maximum Gasteiger partial charge on any atom is 0.326 e. The van der Waals surface area contributed by atoms with Gasteiger partial charge in [0.2, 0.25) is 0 Å². The lowest BCUT2D eigenvalue weighted by atomic mass is 9.99. The fourth-order valence-corrected chi connectivity index (χ4v) is 2.20. The molecule has 0 aromatic heterocycles. The normalized spacial score (nSPS) is 12.8. The second-order valence-electron chi connectivity index (χ2n) is 5.09. The highest BCUT2D eigenvalue weighted by molar-refractivity contribution is 5.81. The molecule has 4 heteroatoms. The van der Waals surface area contributed by atoms with Crippen LogP contribution in [0.4, 0.5) is 11.4 Å². The van der Waals surface area contributed by atoms with Crippen LogP contribution >= 0.6 is 0 Å². The number of benzene rings is 1. The van der Waals surface area contributed by atoms with E-state index >= 15 is 0 Å². The van der Waals surface area contributed by atoms with Crippen molar-refractivity contribution in [2.24, 2.45) is 5.92 Å². The lowest BCUT2D eigenvalue weighted by molar-refractivity contribution is -0.139. The molecule has 0 aliphatic heterocycles. The molecule has 0 spiro atoms. The van der Waals surface area contributed by atoms with Gasteiger partial charge in [-0.15, -0.1) is 0 Å². The van der Waals surface area contributed by atoms with Crippen molar-refractivity contribution in [1.82, 2.24) is 0 Å². The van der Waals surface area contributed by atoms with E-state index in [1.807, 2.05) is 50.8 Å². The van der Waals surface area contributed by atoms with E-state index in [1.54, 1.807) is 6.07 Å². The average Bonchev–Trinajstić information content (AvgIpc) is 2.25. The van der Waals surface area contributed by atoms with Crippen molar-refractivity contribution in [1.29, 1.82) is 0 Å². The summed E-state index contributed by atoms with van der Waals surface area (Å²) >= 11 is 0. The third kappa shape index (κ3) is 2.94. The Morgan fingerprint density at radius 3 is 2.17 bits per heavy atom. The number of nitrogen functional groups attached to an aromatic ring is 1. The maximum atomic E-state index is 11.5. The molecular formula is C14H22N2O2. The summed E-state index contributed by atoms with van der Waals surface area (Å²) in [5, 5.41) is 9.43. The zero-order valence-corrected chi connectivity index (χ0v) is 11.4. The molecule has 1 atom stereocenters. The Morgan fingerprint density at radius 1 is 1.22 bits per heavy atom. The fourth-order valence-electron chi connectivity index (χ4n) is 2.20. The van der Waals surface area contributed by atoms with Crippen molar-refractivity contribution in [3.8, 4) is 0 Å². The van der Waals surface area contributed by atoms with Crippen LogP contribution in [0.5, 0.6) is 0 Å². The van der Waals surface area contributed by atoms with Gasteiger partial charge in [-0.3, -0.25) is 0 Å². The van der Waals surface area contributed by atoms with Crippen molar-refractivity contribution < 1.29 is 9.90 Å². The van der Waals surface area contributed by atoms with Gasteiger partial charge in [-0.25, -0.2) is 4.79 Å². The van der Waals surface area contributed by atoms with Crippen molar-refractivity contribution in [3.63, 3.8) is 0 Å². The summed E-state index contributed by atoms with van der Waals surface area (Å²) in [4.78, 5) is 13.4. The van der Waals surface area contributed by atoms with Crippen LogP contribution in [0.15, 0.2) is 24.3 Å². The standard InChI is InChI=1S/C14H22N2O2/c1-9(2)13(14(17)18)16(10(3)4)12-8-6-5-7-11(12)15/h5-10,13H,15H2,1-4H3,(H,17,18). The highest BCUT2D eigenvalue weighted by atomic mass is 16.4. The summed E-state index contributed by atoms with van der Waals surface area (Å²) in [7, 11) is 0. The molecule has 18 heavy (non-hydrogen) atoms. The quantitative estimate of drug-likeness (QED) is 0.788. The molecule has 1 rings (SSSR count). The Balaban J connectivity index is 3.25. The number of hydrogen-bond donors (Lipinski definition) is 2. The van der Waals surface area contributed by atoms with Gasteiger partial charge in [0.25, 0.3) is 0 Å². The number of carbonyl (C=O) groups is 1. The molecule has 0 radical (unpaired) electrons. The van der Waals surface area contributed by atoms with Crippen LogP contribution in [0, 0.1) is 5.92 Å². The van der Waals surface area contributed by atoms with Crippen LogP contribution in [0.2, 0.25) is 0 Å². The topological polar surface area (TPSA) is 66.6 Å². The molecule has 0 saturated heterocycles. The first kappa shape index (κ1) is 14.4. The van der Waals surface area contributed by atoms with Gasteiger partial charge >= 0.3 is 5.97 Å². The molecule has 0 fully saturated rings. The van der Waals surface area contributed by atoms with Gasteiger partial charge in [-0.1, -0.05) is 26.0 Å². The molecule has 0 aliphatic rings. The number of carboxylic acid groups (broad SMARTS) is 1. The van der Waals surface area contributed by atoms with Gasteiger partial charge in [0, 0.05) is 6.04 Å². The van der Waals surface area contributed by atoms with E-state index in [4.69, 9.17) is 5.73 Å². The molecule has 1 unspecified atom stereocenters. The molecule has 1 aromatic rings. The smallest absolute Gasteiger partial charge is 0.326 e. The first-order valence-corrected chi connectivity index (χ1v) is 6.22. The predicted molar refractivity (Wildman–Crippen MR) is 74.7 cm³/mol. The zero-order chi connectivity index (χ0) is 13.9. The zero-order valence-electron chi connectivity index (χ0n) is 11.4. The van der Waals surface area contributed by atoms with Crippen LogP contribution in [0.3, 0.4) is 0 Å². The van der Waals surface area contributed by atoms with E-state index in [0.29, 0.717) is 5.69 Å². The van der Waals surface area contributed by atoms with E-state index < -0.39 is 12.0 Å². The number of para-hydroxylation sites is 2. The SMILES string of the molecule is CC(C)C(C(=O)O)N(c1ccccc1N)C(C)C. The molecular weight excluding hydrogens is 228 g/mol. The van der Waals surface area contributed by atoms with E-state index in [-0.39, 0.29) is 12.0 Å². The molecule has 0 saturated carbocycles. The molecule has 0 bridgehead atoms. The minimum Gasteiger partial charge on any atom is -0.480 e. The molecule has 3 N–H and O–H groups in total. The van der Waals surface area contributed by atoms with Crippen LogP contribution in [0.1, 0.15) is 27.7 Å². The summed E-state index contributed by atoms with van der Waals surface area (Å²) in [5.41, 5.74) is 7.36. The van der Waals surface area contributed by atoms with E-state index in [9.17, 15) is 9.90 Å². The predicted octanol–water partition coefficient (Wildman–Crippen LogP) is 2.59. The van der Waals surface area contributed by atoms with Crippen molar-refractivity contribution >= 4 is 17.3 Å². The van der Waals surface area contributed by atoms with Crippen LogP contribution in [0.25, 0.3) is 0 Å². The van der Waals surface area contributed by atoms with Gasteiger partial charge in [-0.2, -0.15) is 0 Å². The maximum absolute atomic E-state index is 11.5. The van der Waals surface area contributed by atoms with Gasteiger partial charge in [0.05, 0.1) is 11.4 Å². The van der Waals surface area contributed by atoms with Gasteiger partial charge < -0.3 is 15.7 Å². The molecule has 0 amide bonds. The Labute approximate surface area is 108 Å². The first-order chi connectivity index (χ1) is 8.36. The molecule has 1 aromatic carbocycles. The Bertz CT molecular complexity index is 416. The number of nitrogens with two attached hydrogens (primary N) is 1. The minimum atomic E-state index is -0.818. The Morgan fingerprint density at radius 2 is 1.78 bits per heavy atom. The number of anilines is 2. The highest BCUT2D eigenvalue weighted by Gasteiger charge is 2.31. The van der Waals surface area contributed by atoms with Gasteiger partial charge in [0.1, 0.15) is 6.04 Å². The monoisotopic (exact) mass is 250 g/mol. The van der Waals surface area contributed by atoms with Crippen LogP contribution in [-0.2, 0) is 4.79 Å². The second-order valence-corrected chi connectivity index (χ2v) is 5.09. The average molecular weight is 250 g/mol. The summed E-state index contributed by atoms with van der Waals surface area (Å²) in [6, 6.07) is 6.88. The Hall–Kier alpha value is -1.71. The Kier molecular flexibility index (Phi) is 4.59. The molecule has 100 valence electrons. The van der Waals surface area contributed by atoms with Crippen molar-refractivity contribution in [3.05, 3.63) is 24.3 Å². The third-order valence-corrected chi connectivity index (χ3v) is 2.96. The highest BCUT2D eigenvalue weighted by Crippen LogP contribution is 2.29. The lowest BCUT2D eigenvalue weighted by Crippen LogP contribution is -2.48. The first-order valence-electron chi connectivity index (χ1n) is 6.22. The lowest BCUT2D eigenvalue weighted by Gasteiger charge is -2.37. The van der Waals surface area contributed by atoms with Crippen molar-refractivity contribution in [2.75, 3.05) is 10.6 Å². The second kappa shape index (κ2) is 5.76. The number of aliphatic carboxylic acids is 1. The number of hydrogen-bond acceptors (Lipinski definition) is 3. The molecule has 0 aliphatic carbocycles. The van der Waals surface area contributed by atoms with Crippen LogP contribution < -0.4 is 10.6 Å². The molecule has 4 nitrogen and oxygen atoms in total. The number of rotatable bonds is 5. The van der Waals surface area contributed by atoms with E-state index in [0.717, 1.165) is 5.69 Å². The van der Waals surface area contributed by atoms with Gasteiger partial charge in [-0.05, 0) is 31.9 Å². The molecule has 0 heterocycles. The summed E-state index contributed by atoms with van der Waals surface area (Å²) in [6.07, 6.45) is 0. The van der Waals surface area contributed by atoms with E-state index in [1.165, 1.54) is 0 Å². The minimum absolute atomic E-state index is 0.00417. The largest absolute Gasteiger partial charge is 0.480 e. The summed E-state index contributed by atoms with van der Waals surface area (Å²) < 4.78 is 0. The van der Waals surface area contributed by atoms with Crippen LogP contribution in [-0.4, -0.2) is 23.2 Å². The number of nitrogens with zero attached hydrogens (tertiary/aromatic N) is 1. The number of carboxylic acids is 1. The third-order valence-electron chi connectivity index (χ3n) is 2.96. The van der Waals surface area contributed by atoms with E-state index in [2.05, 4.69) is 0 Å². The fraction of sp³-hybridized carbons (Fsp3) is 0.500. The van der Waals surface area contributed by atoms with Crippen molar-refractivity contribution in [2.45, 2.75) is 39.8 Å². The van der Waals surface area contributed by atoms with Gasteiger partial charge in [0.15, 0.2) is 0 Å². The summed E-state index contributed by atoms with van der Waals surface area (Å²) in [6.45, 7) is 7.77.